The lowest BCUT2D eigenvalue weighted by atomic mass is 9.46. The summed E-state index contributed by atoms with van der Waals surface area (Å²) in [5, 5.41) is 19.7. The number of rotatable bonds is 7. The third kappa shape index (κ3) is 3.90. The summed E-state index contributed by atoms with van der Waals surface area (Å²) >= 11 is 0. The van der Waals surface area contributed by atoms with E-state index in [1.807, 2.05) is 13.0 Å². The Hall–Kier alpha value is -0.870. The normalized spacial score (nSPS) is 49.9. The molecule has 0 aliphatic heterocycles. The Morgan fingerprint density at radius 1 is 1.19 bits per heavy atom. The first-order chi connectivity index (χ1) is 16.0. The second-order valence-corrected chi connectivity index (χ2v) is 12.0. The van der Waals surface area contributed by atoms with Gasteiger partial charge in [0.2, 0.25) is 1.43 Å². The van der Waals surface area contributed by atoms with Crippen molar-refractivity contribution in [2.45, 2.75) is 104 Å². The summed E-state index contributed by atoms with van der Waals surface area (Å²) in [6.45, 7) is 8.95. The van der Waals surface area contributed by atoms with Crippen molar-refractivity contribution in [1.82, 2.24) is 0 Å². The highest BCUT2D eigenvalue weighted by molar-refractivity contribution is 5.69. The summed E-state index contributed by atoms with van der Waals surface area (Å²) in [6.07, 6.45) is 9.80. The molecule has 4 aliphatic carbocycles. The third-order valence-electron chi connectivity index (χ3n) is 10.4. The number of aliphatic carboxylic acids is 1. The molecule has 0 unspecified atom stereocenters. The van der Waals surface area contributed by atoms with Crippen LogP contribution in [0.5, 0.6) is 0 Å². The van der Waals surface area contributed by atoms with Gasteiger partial charge in [-0.15, -0.1) is 0 Å². The maximum absolute atomic E-state index is 11.6. The zero-order valence-corrected chi connectivity index (χ0v) is 19.9. The first-order valence-electron chi connectivity index (χ1n) is 14.0. The molecule has 176 valence electrons. The van der Waals surface area contributed by atoms with Gasteiger partial charge in [-0.05, 0) is 91.8 Å². The van der Waals surface area contributed by atoms with E-state index in [0.717, 1.165) is 63.4 Å². The van der Waals surface area contributed by atoms with Crippen LogP contribution in [0.2, 0.25) is 0 Å². The standard InChI is InChI=1S/C27H44O4/c1-16(6-5-7-17(2)25(30)31)20-8-9-21-24-22(11-13-27(20,21)4)26(3)12-10-19(28)14-18(26)15-23(24)29/h15-17,19-24,28-29H,5-14H2,1-4H3,(H,30,31)/t16-,17-,19+,20-,21+,22+,23-,24+,26+,27-/m1/s1/i23D,29D/hD. The maximum atomic E-state index is 11.6. The Labute approximate surface area is 192 Å². The van der Waals surface area contributed by atoms with Crippen molar-refractivity contribution in [2.24, 2.45) is 46.3 Å². The van der Waals surface area contributed by atoms with Crippen LogP contribution in [0, 0.1) is 46.3 Å². The molecule has 0 aromatic carbocycles. The quantitative estimate of drug-likeness (QED) is 0.466. The van der Waals surface area contributed by atoms with E-state index >= 15 is 0 Å². The van der Waals surface area contributed by atoms with Crippen LogP contribution >= 0.6 is 0 Å². The zero-order valence-electron chi connectivity index (χ0n) is 22.9. The molecule has 4 rings (SSSR count). The molecule has 4 aliphatic rings. The van der Waals surface area contributed by atoms with E-state index in [1.54, 1.807) is 0 Å². The van der Waals surface area contributed by atoms with Crippen LogP contribution in [0.15, 0.2) is 11.6 Å². The Balaban J connectivity index is 1.53. The maximum Gasteiger partial charge on any atom is 0.306 e. The van der Waals surface area contributed by atoms with E-state index in [9.17, 15) is 11.3 Å². The molecular formula is C27H44O4. The molecule has 0 aromatic rings. The van der Waals surface area contributed by atoms with E-state index in [-0.39, 0.29) is 28.8 Å². The van der Waals surface area contributed by atoms with Gasteiger partial charge in [0.05, 0.1) is 19.5 Å². The fourth-order valence-corrected chi connectivity index (χ4v) is 8.42. The van der Waals surface area contributed by atoms with Crippen molar-refractivity contribution in [3.8, 4) is 0 Å². The molecule has 31 heavy (non-hydrogen) atoms. The summed E-state index contributed by atoms with van der Waals surface area (Å²) in [5.41, 5.74) is 1.27. The van der Waals surface area contributed by atoms with E-state index in [4.69, 9.17) is 7.97 Å². The first-order valence-corrected chi connectivity index (χ1v) is 12.7. The predicted molar refractivity (Wildman–Crippen MR) is 122 cm³/mol. The fourth-order valence-electron chi connectivity index (χ4n) is 8.42. The van der Waals surface area contributed by atoms with Crippen molar-refractivity contribution < 1.29 is 21.5 Å². The van der Waals surface area contributed by atoms with Crippen molar-refractivity contribution in [3.05, 3.63) is 11.6 Å². The SMILES string of the molecule is [2H]OC(=O)[C@H](C)CCC[C@@H](C)[C@H]1CC[C@H]2[C@H]3[C@H](CC[C@]12C)[C@@]1(C)CC[C@H](O)CC1=C[C@@]3([2H])O[2H]. The number of carboxylic acid groups (broad SMARTS) is 1. The Bertz CT molecular complexity index is 805. The molecule has 3 saturated carbocycles. The van der Waals surface area contributed by atoms with Crippen molar-refractivity contribution >= 4 is 5.97 Å². The summed E-state index contributed by atoms with van der Waals surface area (Å²) < 4.78 is 24.0. The van der Waals surface area contributed by atoms with Gasteiger partial charge < -0.3 is 15.3 Å². The Morgan fingerprint density at radius 2 is 2.00 bits per heavy atom. The molecule has 0 saturated heterocycles. The average molecular weight is 436 g/mol. The Kier molecular flexibility index (Phi) is 5.36. The molecule has 0 radical (unpaired) electrons. The van der Waals surface area contributed by atoms with Gasteiger partial charge >= 0.3 is 5.97 Å². The van der Waals surface area contributed by atoms with E-state index in [1.165, 1.54) is 0 Å². The van der Waals surface area contributed by atoms with Gasteiger partial charge in [-0.3, -0.25) is 4.79 Å². The van der Waals surface area contributed by atoms with Crippen LogP contribution < -0.4 is 0 Å². The monoisotopic (exact) mass is 435 g/mol. The van der Waals surface area contributed by atoms with Crippen molar-refractivity contribution in [2.75, 3.05) is 0 Å². The Morgan fingerprint density at radius 3 is 2.74 bits per heavy atom. The number of hydrogen-bond acceptors (Lipinski definition) is 4. The van der Waals surface area contributed by atoms with E-state index < -0.39 is 12.0 Å². The van der Waals surface area contributed by atoms with Crippen LogP contribution in [0.25, 0.3) is 1.43 Å². The van der Waals surface area contributed by atoms with E-state index in [2.05, 4.69) is 25.9 Å². The predicted octanol–water partition coefficient (Wildman–Crippen LogP) is 5.42. The summed E-state index contributed by atoms with van der Waals surface area (Å²) in [5.74, 6) is 1.11. The minimum Gasteiger partial charge on any atom is -0.481 e. The molecule has 3 fully saturated rings. The number of aliphatic hydroxyl groups excluding tert-OH is 1. The lowest BCUT2D eigenvalue weighted by Gasteiger charge is -2.59. The van der Waals surface area contributed by atoms with Gasteiger partial charge in [-0.1, -0.05) is 52.2 Å². The van der Waals surface area contributed by atoms with Crippen LogP contribution in [0.3, 0.4) is 0 Å². The molecule has 0 aromatic heterocycles. The highest BCUT2D eigenvalue weighted by Crippen LogP contribution is 2.67. The minimum absolute atomic E-state index is 0.000601. The topological polar surface area (TPSA) is 77.8 Å². The number of aliphatic hydroxyl groups is 2. The minimum atomic E-state index is -1.34. The average Bonchev–Trinajstić information content (AvgIpc) is 3.16. The molecule has 0 spiro atoms. The highest BCUT2D eigenvalue weighted by atomic mass is 16.4. The van der Waals surface area contributed by atoms with Crippen molar-refractivity contribution in [3.63, 3.8) is 0 Å². The first kappa shape index (κ1) is 19.6. The van der Waals surface area contributed by atoms with Gasteiger partial charge in [0.1, 0.15) is 0 Å². The summed E-state index contributed by atoms with van der Waals surface area (Å²) in [6, 6.07) is 0. The zero-order chi connectivity index (χ0) is 24.9. The van der Waals surface area contributed by atoms with Gasteiger partial charge in [0, 0.05) is 0 Å². The number of carbonyl (C=O) groups is 1. The fraction of sp³-hybridized carbons (Fsp3) is 0.889. The van der Waals surface area contributed by atoms with Crippen molar-refractivity contribution in [1.29, 1.82) is 2.86 Å². The third-order valence-corrected chi connectivity index (χ3v) is 10.4. The molecule has 0 heterocycles. The lowest BCUT2D eigenvalue weighted by molar-refractivity contribution is -0.141. The summed E-state index contributed by atoms with van der Waals surface area (Å²) in [4.78, 5) is 11.6. The second kappa shape index (κ2) is 8.48. The van der Waals surface area contributed by atoms with Crippen LogP contribution in [-0.2, 0) is 4.79 Å². The highest BCUT2D eigenvalue weighted by Gasteiger charge is 2.61. The molecular weight excluding hydrogens is 388 g/mol. The summed E-state index contributed by atoms with van der Waals surface area (Å²) in [7, 11) is 0. The van der Waals surface area contributed by atoms with Gasteiger partial charge in [0.25, 0.3) is 1.43 Å². The number of carboxylic acids is 1. The van der Waals surface area contributed by atoms with Gasteiger partial charge in [-0.25, -0.2) is 0 Å². The smallest absolute Gasteiger partial charge is 0.306 e. The number of hydrogen-bond donors (Lipinski definition) is 3. The molecule has 10 atom stereocenters. The lowest BCUT2D eigenvalue weighted by Crippen LogP contribution is -2.54. The second-order valence-electron chi connectivity index (χ2n) is 12.0. The molecule has 4 heteroatoms. The molecule has 0 bridgehead atoms. The largest absolute Gasteiger partial charge is 0.481 e. The van der Waals surface area contributed by atoms with Gasteiger partial charge in [-0.2, -0.15) is 0 Å². The van der Waals surface area contributed by atoms with Crippen LogP contribution in [-0.4, -0.2) is 34.9 Å². The molecule has 0 amide bonds. The molecule has 4 nitrogen and oxygen atoms in total. The van der Waals surface area contributed by atoms with E-state index in [0.29, 0.717) is 30.1 Å². The van der Waals surface area contributed by atoms with Crippen LogP contribution in [0.4, 0.5) is 0 Å². The molecule has 3 N–H and O–H groups in total. The van der Waals surface area contributed by atoms with Gasteiger partial charge in [0.15, 0.2) is 0 Å². The van der Waals surface area contributed by atoms with Crippen LogP contribution in [0.1, 0.15) is 93.3 Å². The number of fused-ring (bicyclic) bond motifs is 5.